The summed E-state index contributed by atoms with van der Waals surface area (Å²) in [4.78, 5) is 13.5. The SMILES string of the molecule is Cc1c(C=N)nc(N)n2nc(C3CC(c4ccc(C(C)(C)N)cn4)C3)nc12. The molecule has 1 aliphatic rings. The summed E-state index contributed by atoms with van der Waals surface area (Å²) in [6, 6.07) is 4.14. The van der Waals surface area contributed by atoms with E-state index in [-0.39, 0.29) is 17.4 Å². The Morgan fingerprint density at radius 2 is 1.96 bits per heavy atom. The van der Waals surface area contributed by atoms with Crippen molar-refractivity contribution in [3.8, 4) is 0 Å². The molecule has 0 saturated heterocycles. The molecule has 3 aromatic rings. The van der Waals surface area contributed by atoms with Crippen molar-refractivity contribution in [2.24, 2.45) is 5.73 Å². The second-order valence-corrected chi connectivity index (χ2v) is 7.89. The molecule has 0 unspecified atom stereocenters. The Balaban J connectivity index is 1.53. The van der Waals surface area contributed by atoms with Gasteiger partial charge in [-0.25, -0.2) is 9.97 Å². The van der Waals surface area contributed by atoms with Gasteiger partial charge in [0.2, 0.25) is 5.95 Å². The van der Waals surface area contributed by atoms with Crippen LogP contribution < -0.4 is 11.5 Å². The van der Waals surface area contributed by atoms with Gasteiger partial charge < -0.3 is 16.9 Å². The average molecular weight is 364 g/mol. The zero-order chi connectivity index (χ0) is 19.3. The lowest BCUT2D eigenvalue weighted by Gasteiger charge is -2.33. The third kappa shape index (κ3) is 2.95. The van der Waals surface area contributed by atoms with Gasteiger partial charge in [-0.05, 0) is 45.2 Å². The molecule has 0 amide bonds. The van der Waals surface area contributed by atoms with Gasteiger partial charge in [-0.2, -0.15) is 4.52 Å². The maximum Gasteiger partial charge on any atom is 0.223 e. The summed E-state index contributed by atoms with van der Waals surface area (Å²) in [7, 11) is 0. The Hall–Kier alpha value is -2.87. The van der Waals surface area contributed by atoms with Crippen LogP contribution in [0.2, 0.25) is 0 Å². The Morgan fingerprint density at radius 1 is 1.22 bits per heavy atom. The standard InChI is InChI=1S/C19H24N8/c1-10-15(8-20)24-18(21)27-17(10)25-16(26-27)12-6-11(7-12)14-5-4-13(9-23-14)19(2,3)22/h4-5,8-9,11-12,20H,6-7,22H2,1-3H3,(H2,21,24). The zero-order valence-corrected chi connectivity index (χ0v) is 15.8. The number of hydrogen-bond donors (Lipinski definition) is 3. The third-order valence-corrected chi connectivity index (χ3v) is 5.38. The average Bonchev–Trinajstić information content (AvgIpc) is 3.02. The molecule has 1 fully saturated rings. The van der Waals surface area contributed by atoms with E-state index in [1.807, 2.05) is 27.0 Å². The van der Waals surface area contributed by atoms with E-state index in [0.717, 1.165) is 35.5 Å². The highest BCUT2D eigenvalue weighted by Crippen LogP contribution is 2.46. The Labute approximate surface area is 157 Å². The van der Waals surface area contributed by atoms with Crippen LogP contribution in [-0.4, -0.2) is 30.8 Å². The third-order valence-electron chi connectivity index (χ3n) is 5.38. The maximum atomic E-state index is 7.46. The topological polar surface area (TPSA) is 132 Å². The van der Waals surface area contributed by atoms with Crippen LogP contribution in [0.4, 0.5) is 5.95 Å². The van der Waals surface area contributed by atoms with Gasteiger partial charge in [-0.1, -0.05) is 6.07 Å². The number of nitrogens with two attached hydrogens (primary N) is 2. The summed E-state index contributed by atoms with van der Waals surface area (Å²) >= 11 is 0. The number of nitrogens with zero attached hydrogens (tertiary/aromatic N) is 5. The number of nitrogens with one attached hydrogen (secondary N) is 1. The van der Waals surface area contributed by atoms with E-state index >= 15 is 0 Å². The molecule has 5 N–H and O–H groups in total. The molecule has 3 aromatic heterocycles. The smallest absolute Gasteiger partial charge is 0.223 e. The van der Waals surface area contributed by atoms with E-state index in [2.05, 4.69) is 32.2 Å². The van der Waals surface area contributed by atoms with Gasteiger partial charge in [0, 0.05) is 41.0 Å². The second kappa shape index (κ2) is 6.09. The van der Waals surface area contributed by atoms with Crippen molar-refractivity contribution < 1.29 is 0 Å². The zero-order valence-electron chi connectivity index (χ0n) is 15.8. The highest BCUT2D eigenvalue weighted by molar-refractivity contribution is 5.80. The normalized spacial score (nSPS) is 19.9. The minimum atomic E-state index is -0.380. The van der Waals surface area contributed by atoms with Crippen molar-refractivity contribution in [1.29, 1.82) is 5.41 Å². The van der Waals surface area contributed by atoms with Crippen LogP contribution in [0.3, 0.4) is 0 Å². The van der Waals surface area contributed by atoms with Gasteiger partial charge in [0.25, 0.3) is 0 Å². The number of aromatic nitrogens is 5. The van der Waals surface area contributed by atoms with Gasteiger partial charge in [-0.15, -0.1) is 5.10 Å². The molecule has 4 rings (SSSR count). The molecular weight excluding hydrogens is 340 g/mol. The fourth-order valence-electron chi connectivity index (χ4n) is 3.51. The van der Waals surface area contributed by atoms with Crippen LogP contribution in [0.5, 0.6) is 0 Å². The van der Waals surface area contributed by atoms with Gasteiger partial charge in [-0.3, -0.25) is 4.98 Å². The molecule has 0 spiro atoms. The minimum Gasteiger partial charge on any atom is -0.368 e. The first-order valence-electron chi connectivity index (χ1n) is 9.06. The van der Waals surface area contributed by atoms with E-state index in [1.165, 1.54) is 6.21 Å². The molecule has 27 heavy (non-hydrogen) atoms. The Bertz CT molecular complexity index is 1010. The molecule has 1 aliphatic carbocycles. The van der Waals surface area contributed by atoms with Crippen LogP contribution in [0.25, 0.3) is 5.65 Å². The van der Waals surface area contributed by atoms with E-state index in [0.29, 0.717) is 17.3 Å². The lowest BCUT2D eigenvalue weighted by molar-refractivity contribution is 0.332. The number of aryl methyl sites for hydroxylation is 1. The van der Waals surface area contributed by atoms with Crippen molar-refractivity contribution in [2.45, 2.75) is 51.0 Å². The maximum absolute atomic E-state index is 7.46. The fraction of sp³-hybridized carbons (Fsp3) is 0.421. The largest absolute Gasteiger partial charge is 0.368 e. The second-order valence-electron chi connectivity index (χ2n) is 7.89. The molecule has 0 aromatic carbocycles. The number of fused-ring (bicyclic) bond motifs is 1. The van der Waals surface area contributed by atoms with Crippen molar-refractivity contribution in [1.82, 2.24) is 24.6 Å². The van der Waals surface area contributed by atoms with Crippen molar-refractivity contribution in [2.75, 3.05) is 5.73 Å². The predicted octanol–water partition coefficient (Wildman–Crippen LogP) is 2.26. The number of rotatable bonds is 4. The molecule has 3 heterocycles. The van der Waals surface area contributed by atoms with E-state index in [1.54, 1.807) is 4.52 Å². The Kier molecular flexibility index (Phi) is 3.96. The van der Waals surface area contributed by atoms with E-state index in [4.69, 9.17) is 16.9 Å². The summed E-state index contributed by atoms with van der Waals surface area (Å²) in [6.07, 6.45) is 4.98. The van der Waals surface area contributed by atoms with E-state index < -0.39 is 0 Å². The minimum absolute atomic E-state index is 0.255. The first kappa shape index (κ1) is 17.5. The molecule has 0 aliphatic heterocycles. The summed E-state index contributed by atoms with van der Waals surface area (Å²) in [5.74, 6) is 1.73. The lowest BCUT2D eigenvalue weighted by atomic mass is 9.72. The predicted molar refractivity (Wildman–Crippen MR) is 104 cm³/mol. The monoisotopic (exact) mass is 364 g/mol. The molecule has 0 radical (unpaired) electrons. The molecule has 8 heteroatoms. The van der Waals surface area contributed by atoms with Gasteiger partial charge in [0.05, 0.1) is 5.69 Å². The Morgan fingerprint density at radius 3 is 2.56 bits per heavy atom. The molecular formula is C19H24N8. The van der Waals surface area contributed by atoms with Crippen LogP contribution in [-0.2, 0) is 5.54 Å². The summed E-state index contributed by atoms with van der Waals surface area (Å²) in [5, 5.41) is 12.0. The highest BCUT2D eigenvalue weighted by atomic mass is 15.4. The molecule has 0 bridgehead atoms. The van der Waals surface area contributed by atoms with Crippen LogP contribution in [0.15, 0.2) is 18.3 Å². The summed E-state index contributed by atoms with van der Waals surface area (Å²) in [6.45, 7) is 5.84. The number of hydrogen-bond acceptors (Lipinski definition) is 7. The van der Waals surface area contributed by atoms with Crippen molar-refractivity contribution >= 4 is 17.8 Å². The number of pyridine rings is 1. The van der Waals surface area contributed by atoms with E-state index in [9.17, 15) is 0 Å². The quantitative estimate of drug-likeness (QED) is 0.608. The van der Waals surface area contributed by atoms with Crippen LogP contribution in [0, 0.1) is 12.3 Å². The first-order chi connectivity index (χ1) is 12.8. The highest BCUT2D eigenvalue weighted by Gasteiger charge is 2.35. The molecule has 0 atom stereocenters. The van der Waals surface area contributed by atoms with Gasteiger partial charge in [0.1, 0.15) is 0 Å². The summed E-state index contributed by atoms with van der Waals surface area (Å²) in [5.41, 5.74) is 15.8. The van der Waals surface area contributed by atoms with Gasteiger partial charge >= 0.3 is 0 Å². The first-order valence-corrected chi connectivity index (χ1v) is 9.06. The molecule has 1 saturated carbocycles. The fourth-order valence-corrected chi connectivity index (χ4v) is 3.51. The molecule has 140 valence electrons. The van der Waals surface area contributed by atoms with Crippen LogP contribution >= 0.6 is 0 Å². The van der Waals surface area contributed by atoms with Gasteiger partial charge in [0.15, 0.2) is 11.5 Å². The molecule has 8 nitrogen and oxygen atoms in total. The van der Waals surface area contributed by atoms with Crippen molar-refractivity contribution in [3.05, 3.63) is 46.7 Å². The lowest BCUT2D eigenvalue weighted by Crippen LogP contribution is -2.29. The van der Waals surface area contributed by atoms with Crippen LogP contribution in [0.1, 0.15) is 66.9 Å². The number of anilines is 1. The van der Waals surface area contributed by atoms with Crippen molar-refractivity contribution in [3.63, 3.8) is 0 Å². The summed E-state index contributed by atoms with van der Waals surface area (Å²) < 4.78 is 1.57. The number of nitrogen functional groups attached to an aromatic ring is 1.